The molecule has 0 radical (unpaired) electrons. The molecule has 0 aliphatic carbocycles. The molecule has 11 aromatic rings. The minimum absolute atomic E-state index is 0.0299. The number of benzene rings is 8. The van der Waals surface area contributed by atoms with Crippen molar-refractivity contribution in [2.75, 3.05) is 0 Å². The third kappa shape index (κ3) is 5.40. The molecule has 0 atom stereocenters. The molecule has 0 bridgehead atoms. The van der Waals surface area contributed by atoms with Crippen LogP contribution in [0.1, 0.15) is 11.0 Å². The van der Waals surface area contributed by atoms with Crippen molar-refractivity contribution in [3.63, 3.8) is 0 Å². The molecule has 0 saturated heterocycles. The molecule has 0 amide bonds. The zero-order valence-corrected chi connectivity index (χ0v) is 30.4. The summed E-state index contributed by atoms with van der Waals surface area (Å²) in [5.41, 5.74) is 6.58. The van der Waals surface area contributed by atoms with Crippen molar-refractivity contribution < 1.29 is 11.0 Å². The van der Waals surface area contributed by atoms with E-state index in [-0.39, 0.29) is 46.0 Å². The van der Waals surface area contributed by atoms with E-state index in [1.807, 2.05) is 121 Å². The molecule has 0 aliphatic rings. The fourth-order valence-corrected chi connectivity index (χ4v) is 8.80. The maximum absolute atomic E-state index is 9.18. The molecule has 11 rings (SSSR count). The van der Waals surface area contributed by atoms with Crippen LogP contribution >= 0.6 is 11.3 Å². The van der Waals surface area contributed by atoms with Crippen LogP contribution in [-0.4, -0.2) is 19.5 Å². The van der Waals surface area contributed by atoms with Crippen LogP contribution in [-0.2, 0) is 0 Å². The smallest absolute Gasteiger partial charge is 0.165 e. The molecule has 3 heterocycles. The summed E-state index contributed by atoms with van der Waals surface area (Å²) in [4.78, 5) is 15.0. The number of nitrogens with zero attached hydrogens (tertiary/aromatic N) is 4. The van der Waals surface area contributed by atoms with Crippen LogP contribution in [0.15, 0.2) is 194 Å². The molecule has 0 aliphatic heterocycles. The molecule has 262 valence electrons. The molecule has 0 saturated carbocycles. The van der Waals surface area contributed by atoms with Crippen LogP contribution in [0.3, 0.4) is 0 Å². The lowest BCUT2D eigenvalue weighted by atomic mass is 9.94. The highest BCUT2D eigenvalue weighted by molar-refractivity contribution is 7.26. The fourth-order valence-electron chi connectivity index (χ4n) is 7.57. The van der Waals surface area contributed by atoms with Gasteiger partial charge in [0.05, 0.1) is 22.0 Å². The Morgan fingerprint density at radius 3 is 1.61 bits per heavy atom. The zero-order chi connectivity index (χ0) is 44.0. The summed E-state index contributed by atoms with van der Waals surface area (Å²) < 4.78 is 74.5. The van der Waals surface area contributed by atoms with Crippen LogP contribution in [0.25, 0.3) is 104 Å². The van der Waals surface area contributed by atoms with Crippen molar-refractivity contribution in [2.24, 2.45) is 0 Å². The monoisotopic (exact) mass is 740 g/mol. The second kappa shape index (κ2) is 13.3. The number of aromatic nitrogens is 4. The van der Waals surface area contributed by atoms with E-state index < -0.39 is 24.2 Å². The topological polar surface area (TPSA) is 43.6 Å². The SMILES string of the molecule is [2H]c1c([2H])c([2H])c2c(c1[2H])c1c([2H])c([2H])c([2H])c([2H])c1n2-c1cc(-c2ccccc2)cc(-c2cccc3sc4c(-c5nc(-c6ccccc6)nc(-c6ccccc6)n5)cccc4c23)c1. The lowest BCUT2D eigenvalue weighted by molar-refractivity contribution is 1.08. The molecule has 0 unspecified atom stereocenters. The summed E-state index contributed by atoms with van der Waals surface area (Å²) in [7, 11) is 0. The molecule has 0 N–H and O–H groups in total. The molecule has 5 heteroatoms. The molecular formula is C51H32N4S. The molecular weight excluding hydrogens is 701 g/mol. The summed E-state index contributed by atoms with van der Waals surface area (Å²) >= 11 is 1.64. The number of para-hydroxylation sites is 2. The zero-order valence-electron chi connectivity index (χ0n) is 37.6. The Morgan fingerprint density at radius 2 is 0.964 bits per heavy atom. The largest absolute Gasteiger partial charge is 0.309 e. The van der Waals surface area contributed by atoms with Gasteiger partial charge in [0.1, 0.15) is 0 Å². The first kappa shape index (κ1) is 25.0. The summed E-state index contributed by atoms with van der Waals surface area (Å²) in [6.07, 6.45) is 0. The van der Waals surface area contributed by atoms with Crippen LogP contribution in [0, 0.1) is 0 Å². The van der Waals surface area contributed by atoms with Gasteiger partial charge in [0.15, 0.2) is 17.5 Å². The van der Waals surface area contributed by atoms with Gasteiger partial charge < -0.3 is 4.57 Å². The van der Waals surface area contributed by atoms with Crippen molar-refractivity contribution in [3.05, 3.63) is 194 Å². The van der Waals surface area contributed by atoms with Gasteiger partial charge in [0.25, 0.3) is 0 Å². The van der Waals surface area contributed by atoms with Gasteiger partial charge in [-0.25, -0.2) is 15.0 Å². The molecule has 8 aromatic carbocycles. The van der Waals surface area contributed by atoms with E-state index in [2.05, 4.69) is 24.3 Å². The lowest BCUT2D eigenvalue weighted by Gasteiger charge is -2.15. The summed E-state index contributed by atoms with van der Waals surface area (Å²) in [6, 6.07) is 44.4. The molecule has 4 nitrogen and oxygen atoms in total. The first-order chi connectivity index (χ1) is 31.1. The highest BCUT2D eigenvalue weighted by Crippen LogP contribution is 2.45. The number of hydrogen-bond acceptors (Lipinski definition) is 4. The van der Waals surface area contributed by atoms with Crippen LogP contribution in [0.5, 0.6) is 0 Å². The Bertz CT molecular complexity index is 3570. The normalized spacial score (nSPS) is 13.6. The Morgan fingerprint density at radius 1 is 0.429 bits per heavy atom. The van der Waals surface area contributed by atoms with Crippen molar-refractivity contribution in [2.45, 2.75) is 0 Å². The fraction of sp³-hybridized carbons (Fsp3) is 0. The van der Waals surface area contributed by atoms with E-state index in [4.69, 9.17) is 23.2 Å². The number of fused-ring (bicyclic) bond motifs is 6. The van der Waals surface area contributed by atoms with Gasteiger partial charge in [-0.2, -0.15) is 0 Å². The van der Waals surface area contributed by atoms with E-state index in [1.54, 1.807) is 15.9 Å². The van der Waals surface area contributed by atoms with Crippen LogP contribution < -0.4 is 0 Å². The maximum atomic E-state index is 9.18. The van der Waals surface area contributed by atoms with Gasteiger partial charge in [-0.05, 0) is 64.7 Å². The Kier molecular flexibility index (Phi) is 5.92. The number of hydrogen-bond donors (Lipinski definition) is 0. The quantitative estimate of drug-likeness (QED) is 0.170. The van der Waals surface area contributed by atoms with Gasteiger partial charge in [0, 0.05) is 53.3 Å². The van der Waals surface area contributed by atoms with E-state index in [1.165, 1.54) is 0 Å². The minimum atomic E-state index is -0.484. The van der Waals surface area contributed by atoms with E-state index in [0.717, 1.165) is 59.1 Å². The van der Waals surface area contributed by atoms with Gasteiger partial charge in [-0.3, -0.25) is 0 Å². The highest BCUT2D eigenvalue weighted by atomic mass is 32.1. The van der Waals surface area contributed by atoms with E-state index in [0.29, 0.717) is 23.2 Å². The summed E-state index contributed by atoms with van der Waals surface area (Å²) in [5, 5.41) is 2.04. The van der Waals surface area contributed by atoms with Gasteiger partial charge in [0.2, 0.25) is 0 Å². The third-order valence-corrected chi connectivity index (χ3v) is 11.3. The predicted octanol–water partition coefficient (Wildman–Crippen LogP) is 13.7. The first-order valence-electron chi connectivity index (χ1n) is 22.1. The minimum Gasteiger partial charge on any atom is -0.309 e. The molecule has 56 heavy (non-hydrogen) atoms. The second-order valence-corrected chi connectivity index (χ2v) is 14.5. The first-order valence-corrected chi connectivity index (χ1v) is 18.9. The number of thiophene rings is 1. The van der Waals surface area contributed by atoms with E-state index >= 15 is 0 Å². The Labute approximate surface area is 338 Å². The van der Waals surface area contributed by atoms with Crippen molar-refractivity contribution in [1.29, 1.82) is 0 Å². The standard InChI is InChI=1S/C51H32N4S/c1-4-16-33(17-5-1)36-30-37(32-38(31-36)55-44-27-12-10-22-40(44)41-23-11-13-28-45(41)55)39-24-15-29-46-47(39)42-25-14-26-43(48(42)56-46)51-53-49(34-18-6-2-7-19-34)52-50(54-51)35-20-8-3-9-21-35/h1-32H/i10D,11D,12D,13D,22D,23D,27D,28D. The summed E-state index contributed by atoms with van der Waals surface area (Å²) in [6.45, 7) is 0. The predicted molar refractivity (Wildman–Crippen MR) is 234 cm³/mol. The Balaban J connectivity index is 1.19. The van der Waals surface area contributed by atoms with Crippen molar-refractivity contribution in [3.8, 4) is 62.1 Å². The van der Waals surface area contributed by atoms with Crippen LogP contribution in [0.4, 0.5) is 0 Å². The second-order valence-electron chi connectivity index (χ2n) is 13.4. The highest BCUT2D eigenvalue weighted by Gasteiger charge is 2.20. The Hall–Kier alpha value is -7.21. The van der Waals surface area contributed by atoms with Crippen molar-refractivity contribution in [1.82, 2.24) is 19.5 Å². The summed E-state index contributed by atoms with van der Waals surface area (Å²) in [5.74, 6) is 1.67. The average Bonchev–Trinajstić information content (AvgIpc) is 3.92. The molecule has 0 fully saturated rings. The van der Waals surface area contributed by atoms with Gasteiger partial charge >= 0.3 is 0 Å². The van der Waals surface area contributed by atoms with E-state index in [9.17, 15) is 2.74 Å². The molecule has 0 spiro atoms. The van der Waals surface area contributed by atoms with Gasteiger partial charge in [-0.1, -0.05) is 152 Å². The number of rotatable bonds is 6. The van der Waals surface area contributed by atoms with Crippen molar-refractivity contribution >= 4 is 53.3 Å². The molecule has 3 aromatic heterocycles. The van der Waals surface area contributed by atoms with Gasteiger partial charge in [-0.15, -0.1) is 11.3 Å². The maximum Gasteiger partial charge on any atom is 0.165 e. The lowest BCUT2D eigenvalue weighted by Crippen LogP contribution is -2.00. The third-order valence-electron chi connectivity index (χ3n) is 10.1. The van der Waals surface area contributed by atoms with Crippen LogP contribution in [0.2, 0.25) is 0 Å². The average molecular weight is 741 g/mol.